The van der Waals surface area contributed by atoms with E-state index in [1.807, 2.05) is 0 Å². The molecular weight excluding hydrogens is 578 g/mol. The zero-order valence-corrected chi connectivity index (χ0v) is 30.9. The van der Waals surface area contributed by atoms with Crippen molar-refractivity contribution >= 4 is 37.2 Å². The van der Waals surface area contributed by atoms with Gasteiger partial charge in [-0.1, -0.05) is 167 Å². The average Bonchev–Trinajstić information content (AvgIpc) is 2.89. The summed E-state index contributed by atoms with van der Waals surface area (Å²) in [5.74, 6) is -0.496. The molecule has 2 atom stereocenters. The fraction of sp³-hybridized carbons (Fsp3) is 0.938. The Morgan fingerprint density at radius 1 is 0.462 bits per heavy atom. The molecule has 0 saturated heterocycles. The van der Waals surface area contributed by atoms with E-state index in [2.05, 4.69) is 13.8 Å². The van der Waals surface area contributed by atoms with Gasteiger partial charge in [-0.05, 0) is 12.8 Å². The van der Waals surface area contributed by atoms with Crippen LogP contribution in [0.3, 0.4) is 0 Å². The molecule has 4 nitrogen and oxygen atoms in total. The fourth-order valence-electron chi connectivity index (χ4n) is 4.11. The molecule has 0 heterocycles. The predicted molar refractivity (Wildman–Crippen MR) is 168 cm³/mol. The van der Waals surface area contributed by atoms with Crippen molar-refractivity contribution in [2.75, 3.05) is 13.2 Å². The molecular formula is C32H62O4S2Zn. The SMILES string of the molecule is CCCCCCCCCCCCCOC(=O)C(C)[S-].CCCCCCCCCCCCCOC(=O)C(C)[S-].[Zn+2]. The number of hydrogen-bond acceptors (Lipinski definition) is 6. The third-order valence-electron chi connectivity index (χ3n) is 6.65. The van der Waals surface area contributed by atoms with Crippen LogP contribution in [0, 0.1) is 0 Å². The Morgan fingerprint density at radius 3 is 0.872 bits per heavy atom. The van der Waals surface area contributed by atoms with Crippen molar-refractivity contribution in [1.29, 1.82) is 0 Å². The molecule has 0 saturated carbocycles. The summed E-state index contributed by atoms with van der Waals surface area (Å²) in [6.07, 6.45) is 28.8. The van der Waals surface area contributed by atoms with Crippen LogP contribution in [0.15, 0.2) is 0 Å². The number of rotatable bonds is 26. The Bertz CT molecular complexity index is 461. The van der Waals surface area contributed by atoms with Gasteiger partial charge in [0, 0.05) is 0 Å². The summed E-state index contributed by atoms with van der Waals surface area (Å²) in [5, 5.41) is -0.819. The summed E-state index contributed by atoms with van der Waals surface area (Å²) >= 11 is 9.63. The van der Waals surface area contributed by atoms with Crippen LogP contribution in [-0.2, 0) is 63.8 Å². The first-order valence-corrected chi connectivity index (χ1v) is 17.0. The molecule has 39 heavy (non-hydrogen) atoms. The molecule has 0 aliphatic rings. The van der Waals surface area contributed by atoms with E-state index in [9.17, 15) is 9.59 Å². The molecule has 0 spiro atoms. The summed E-state index contributed by atoms with van der Waals surface area (Å²) < 4.78 is 10.1. The second-order valence-corrected chi connectivity index (χ2v) is 12.1. The maximum Gasteiger partial charge on any atom is 2.00 e. The fourth-order valence-corrected chi connectivity index (χ4v) is 4.25. The summed E-state index contributed by atoms with van der Waals surface area (Å²) in [4.78, 5) is 22.2. The Labute approximate surface area is 267 Å². The zero-order valence-electron chi connectivity index (χ0n) is 26.3. The Kier molecular flexibility index (Phi) is 40.7. The van der Waals surface area contributed by atoms with Crippen LogP contribution in [0.1, 0.15) is 169 Å². The van der Waals surface area contributed by atoms with Gasteiger partial charge in [-0.25, -0.2) is 0 Å². The minimum absolute atomic E-state index is 0. The van der Waals surface area contributed by atoms with E-state index in [0.29, 0.717) is 13.2 Å². The Hall–Kier alpha value is 0.263. The maximum atomic E-state index is 11.1. The van der Waals surface area contributed by atoms with Gasteiger partial charge in [-0.15, -0.1) is 0 Å². The van der Waals surface area contributed by atoms with Crippen LogP contribution in [0.5, 0.6) is 0 Å². The van der Waals surface area contributed by atoms with Gasteiger partial charge in [0.1, 0.15) is 0 Å². The van der Waals surface area contributed by atoms with Crippen LogP contribution >= 0.6 is 0 Å². The van der Waals surface area contributed by atoms with E-state index in [0.717, 1.165) is 25.7 Å². The van der Waals surface area contributed by atoms with Crippen LogP contribution in [0.25, 0.3) is 0 Å². The topological polar surface area (TPSA) is 52.6 Å². The standard InChI is InChI=1S/2C16H32O2S.Zn/c2*1-3-4-5-6-7-8-9-10-11-12-13-14-18-16(17)15(2)19;/h2*15,19H,3-14H2,1-2H3;/q;;+2/p-2. The van der Waals surface area contributed by atoms with E-state index in [-0.39, 0.29) is 31.4 Å². The maximum absolute atomic E-state index is 11.1. The van der Waals surface area contributed by atoms with Crippen molar-refractivity contribution < 1.29 is 38.5 Å². The van der Waals surface area contributed by atoms with Gasteiger partial charge in [0.25, 0.3) is 11.9 Å². The third-order valence-corrected chi connectivity index (χ3v) is 7.03. The largest absolute Gasteiger partial charge is 2.00 e. The van der Waals surface area contributed by atoms with Crippen molar-refractivity contribution in [1.82, 2.24) is 0 Å². The molecule has 228 valence electrons. The number of esters is 2. The van der Waals surface area contributed by atoms with Crippen LogP contribution in [0.4, 0.5) is 0 Å². The number of unbranched alkanes of at least 4 members (excludes halogenated alkanes) is 20. The second-order valence-electron chi connectivity index (χ2n) is 10.7. The predicted octanol–water partition coefficient (Wildman–Crippen LogP) is 9.55. The van der Waals surface area contributed by atoms with E-state index >= 15 is 0 Å². The molecule has 0 fully saturated rings. The number of hydrogen-bond donors (Lipinski definition) is 0. The average molecular weight is 640 g/mol. The molecule has 0 aliphatic carbocycles. The van der Waals surface area contributed by atoms with Crippen LogP contribution in [0.2, 0.25) is 0 Å². The first kappa shape index (κ1) is 43.7. The smallest absolute Gasteiger partial charge is 0.778 e. The minimum atomic E-state index is -0.410. The molecule has 0 amide bonds. The molecule has 7 heteroatoms. The third kappa shape index (κ3) is 38.3. The van der Waals surface area contributed by atoms with Crippen LogP contribution < -0.4 is 0 Å². The van der Waals surface area contributed by atoms with E-state index < -0.39 is 10.5 Å². The molecule has 0 aliphatic heterocycles. The van der Waals surface area contributed by atoms with Crippen molar-refractivity contribution in [2.24, 2.45) is 0 Å². The van der Waals surface area contributed by atoms with Gasteiger partial charge in [0.05, 0.1) is 13.2 Å². The Balaban J connectivity index is -0.000000648. The minimum Gasteiger partial charge on any atom is -0.778 e. The number of carbonyl (C=O) groups excluding carboxylic acids is 2. The van der Waals surface area contributed by atoms with Gasteiger partial charge in [-0.2, -0.15) is 0 Å². The van der Waals surface area contributed by atoms with Crippen molar-refractivity contribution in [3.05, 3.63) is 0 Å². The monoisotopic (exact) mass is 638 g/mol. The molecule has 0 aromatic heterocycles. The summed E-state index contributed by atoms with van der Waals surface area (Å²) in [6.45, 7) is 8.98. The summed E-state index contributed by atoms with van der Waals surface area (Å²) in [6, 6.07) is 0. The van der Waals surface area contributed by atoms with E-state index in [1.165, 1.54) is 116 Å². The number of carbonyl (C=O) groups is 2. The quantitative estimate of drug-likeness (QED) is 0.0407. The van der Waals surface area contributed by atoms with Gasteiger partial charge in [-0.3, -0.25) is 9.59 Å². The van der Waals surface area contributed by atoms with Gasteiger partial charge < -0.3 is 34.7 Å². The Morgan fingerprint density at radius 2 is 0.667 bits per heavy atom. The second kappa shape index (κ2) is 36.3. The summed E-state index contributed by atoms with van der Waals surface area (Å²) in [7, 11) is 0. The van der Waals surface area contributed by atoms with Crippen LogP contribution in [-0.4, -0.2) is 35.7 Å². The number of ether oxygens (including phenoxy) is 2. The molecule has 0 bridgehead atoms. The molecule has 0 aromatic carbocycles. The van der Waals surface area contributed by atoms with Crippen molar-refractivity contribution in [3.63, 3.8) is 0 Å². The molecule has 0 rings (SSSR count). The molecule has 2 unspecified atom stereocenters. The van der Waals surface area contributed by atoms with Gasteiger partial charge in [0.2, 0.25) is 0 Å². The molecule has 0 radical (unpaired) electrons. The van der Waals surface area contributed by atoms with Crippen molar-refractivity contribution in [3.8, 4) is 0 Å². The molecule has 0 N–H and O–H groups in total. The first-order chi connectivity index (χ1) is 18.4. The van der Waals surface area contributed by atoms with E-state index in [4.69, 9.17) is 34.7 Å². The van der Waals surface area contributed by atoms with Gasteiger partial charge in [0.15, 0.2) is 0 Å². The normalized spacial score (nSPS) is 12.1. The molecule has 0 aromatic rings. The van der Waals surface area contributed by atoms with Gasteiger partial charge >= 0.3 is 19.5 Å². The van der Waals surface area contributed by atoms with Crippen molar-refractivity contribution in [2.45, 2.75) is 179 Å². The first-order valence-electron chi connectivity index (χ1n) is 16.0. The summed E-state index contributed by atoms with van der Waals surface area (Å²) in [5.41, 5.74) is 0. The zero-order chi connectivity index (χ0) is 28.7. The van der Waals surface area contributed by atoms with E-state index in [1.54, 1.807) is 13.8 Å².